The van der Waals surface area contributed by atoms with Crippen LogP contribution in [-0.2, 0) is 19.4 Å². The predicted octanol–water partition coefficient (Wildman–Crippen LogP) is 5.45. The van der Waals surface area contributed by atoms with Crippen molar-refractivity contribution in [1.29, 1.82) is 0 Å². The Morgan fingerprint density at radius 3 is 2.60 bits per heavy atom. The molecule has 2 aliphatic rings. The predicted molar refractivity (Wildman–Crippen MR) is 154 cm³/mol. The van der Waals surface area contributed by atoms with Crippen molar-refractivity contribution in [3.8, 4) is 5.75 Å². The summed E-state index contributed by atoms with van der Waals surface area (Å²) in [4.78, 5) is 11.4. The topological polar surface area (TPSA) is 95.2 Å². The van der Waals surface area contributed by atoms with Gasteiger partial charge in [0, 0.05) is 50.5 Å². The van der Waals surface area contributed by atoms with Gasteiger partial charge in [0.25, 0.3) is 0 Å². The summed E-state index contributed by atoms with van der Waals surface area (Å²) < 4.78 is 42.1. The first-order valence-corrected chi connectivity index (χ1v) is 13.3. The van der Waals surface area contributed by atoms with E-state index in [9.17, 15) is 8.78 Å². The third-order valence-electron chi connectivity index (χ3n) is 8.04. The summed E-state index contributed by atoms with van der Waals surface area (Å²) in [5.74, 6) is 1.49. The molecule has 0 bridgehead atoms. The Morgan fingerprint density at radius 2 is 1.88 bits per heavy atom. The molecule has 2 aliphatic heterocycles. The van der Waals surface area contributed by atoms with E-state index < -0.39 is 11.6 Å². The van der Waals surface area contributed by atoms with Gasteiger partial charge in [0.05, 0.1) is 17.1 Å². The zero-order valence-corrected chi connectivity index (χ0v) is 24.1. The maximum absolute atomic E-state index is 14.5. The van der Waals surface area contributed by atoms with Gasteiger partial charge in [-0.1, -0.05) is 12.1 Å². The smallest absolute Gasteiger partial charge is 0.324 e. The first kappa shape index (κ1) is 30.0. The van der Waals surface area contributed by atoms with Gasteiger partial charge in [-0.15, -0.1) is 24.8 Å². The zero-order chi connectivity index (χ0) is 26.4. The molecule has 4 heterocycles. The first-order valence-electron chi connectivity index (χ1n) is 13.3. The lowest BCUT2D eigenvalue weighted by Crippen LogP contribution is -2.39. The Hall–Kier alpha value is -2.95. The highest BCUT2D eigenvalue weighted by molar-refractivity contribution is 5.85. The molecule has 3 atom stereocenters. The Bertz CT molecular complexity index is 1460. The second kappa shape index (κ2) is 12.3. The summed E-state index contributed by atoms with van der Waals surface area (Å²) in [5, 5.41) is 4.00. The van der Waals surface area contributed by atoms with E-state index in [0.717, 1.165) is 72.9 Å². The molecular weight excluding hydrogens is 561 g/mol. The number of aromatic nitrogens is 4. The molecule has 12 heteroatoms. The number of nitrogens with two attached hydrogens (primary N) is 1. The van der Waals surface area contributed by atoms with E-state index in [2.05, 4.69) is 26.5 Å². The van der Waals surface area contributed by atoms with Crippen LogP contribution in [0.15, 0.2) is 40.9 Å². The fraction of sp³-hybridized carbons (Fsp3) is 0.464. The number of piperidine rings is 1. The molecule has 2 N–H and O–H groups in total. The second-order valence-electron chi connectivity index (χ2n) is 10.4. The summed E-state index contributed by atoms with van der Waals surface area (Å²) in [6.07, 6.45) is 3.19. The number of benzene rings is 2. The monoisotopic (exact) mass is 594 g/mol. The quantitative estimate of drug-likeness (QED) is 0.317. The van der Waals surface area contributed by atoms with Crippen molar-refractivity contribution >= 4 is 41.9 Å². The third kappa shape index (κ3) is 5.75. The molecule has 0 radical (unpaired) electrons. The van der Waals surface area contributed by atoms with Crippen LogP contribution in [0, 0.1) is 17.6 Å². The second-order valence-corrected chi connectivity index (χ2v) is 10.4. The van der Waals surface area contributed by atoms with Crippen LogP contribution in [0.4, 0.5) is 14.8 Å². The number of aryl methyl sites for hydroxylation is 1. The molecule has 8 nitrogen and oxygen atoms in total. The van der Waals surface area contributed by atoms with Crippen LogP contribution >= 0.6 is 24.8 Å². The van der Waals surface area contributed by atoms with Gasteiger partial charge in [-0.3, -0.25) is 0 Å². The van der Waals surface area contributed by atoms with Gasteiger partial charge in [-0.25, -0.2) is 13.8 Å². The lowest BCUT2D eigenvalue weighted by Gasteiger charge is -2.33. The summed E-state index contributed by atoms with van der Waals surface area (Å²) in [7, 11) is 0. The van der Waals surface area contributed by atoms with Gasteiger partial charge in [0.1, 0.15) is 23.2 Å². The minimum atomic E-state index is -0.463. The minimum absolute atomic E-state index is 0. The molecule has 216 valence electrons. The Morgan fingerprint density at radius 1 is 1.10 bits per heavy atom. The van der Waals surface area contributed by atoms with Crippen molar-refractivity contribution in [1.82, 2.24) is 19.7 Å². The highest BCUT2D eigenvalue weighted by Gasteiger charge is 2.32. The van der Waals surface area contributed by atoms with E-state index in [1.165, 1.54) is 6.07 Å². The van der Waals surface area contributed by atoms with Crippen molar-refractivity contribution in [3.63, 3.8) is 0 Å². The molecule has 0 aliphatic carbocycles. The summed E-state index contributed by atoms with van der Waals surface area (Å²) >= 11 is 0. The van der Waals surface area contributed by atoms with Gasteiger partial charge >= 0.3 is 6.01 Å². The fourth-order valence-corrected chi connectivity index (χ4v) is 5.81. The van der Waals surface area contributed by atoms with Crippen molar-refractivity contribution in [2.24, 2.45) is 11.7 Å². The fourth-order valence-electron chi connectivity index (χ4n) is 5.81. The summed E-state index contributed by atoms with van der Waals surface area (Å²) in [5.41, 5.74) is 8.54. The normalized spacial score (nSPS) is 20.0. The lowest BCUT2D eigenvalue weighted by molar-refractivity contribution is 0.132. The minimum Gasteiger partial charge on any atom is -0.490 e. The van der Waals surface area contributed by atoms with Crippen molar-refractivity contribution < 1.29 is 18.0 Å². The maximum atomic E-state index is 14.5. The van der Waals surface area contributed by atoms with E-state index in [4.69, 9.17) is 20.0 Å². The summed E-state index contributed by atoms with van der Waals surface area (Å²) in [6.45, 7) is 6.31. The first-order chi connectivity index (χ1) is 18.4. The number of fused-ring (bicyclic) bond motifs is 3. The van der Waals surface area contributed by atoms with E-state index in [0.29, 0.717) is 30.5 Å². The Labute approximate surface area is 244 Å². The number of ether oxygens (including phenoxy) is 1. The van der Waals surface area contributed by atoms with Gasteiger partial charge < -0.3 is 24.5 Å². The molecule has 0 amide bonds. The van der Waals surface area contributed by atoms with Crippen LogP contribution < -0.4 is 15.4 Å². The van der Waals surface area contributed by atoms with Crippen LogP contribution in [0.5, 0.6) is 5.75 Å². The number of hydrogen-bond donors (Lipinski definition) is 1. The average molecular weight is 596 g/mol. The van der Waals surface area contributed by atoms with Crippen LogP contribution in [0.2, 0.25) is 0 Å². The van der Waals surface area contributed by atoms with E-state index in [1.807, 2.05) is 25.1 Å². The van der Waals surface area contributed by atoms with Gasteiger partial charge in [-0.2, -0.15) is 4.98 Å². The van der Waals surface area contributed by atoms with Crippen LogP contribution in [0.1, 0.15) is 49.8 Å². The molecule has 0 spiro atoms. The number of hydrogen-bond acceptors (Lipinski definition) is 7. The Balaban J connectivity index is 0.00000185. The number of halogens is 4. The molecule has 1 saturated heterocycles. The maximum Gasteiger partial charge on any atom is 0.324 e. The number of anilines is 1. The Kier molecular flexibility index (Phi) is 9.22. The lowest BCUT2D eigenvalue weighted by atomic mass is 9.86. The largest absolute Gasteiger partial charge is 0.490 e. The highest BCUT2D eigenvalue weighted by atomic mass is 35.5. The molecule has 1 fully saturated rings. The molecule has 2 aromatic carbocycles. The van der Waals surface area contributed by atoms with Crippen LogP contribution in [0.25, 0.3) is 11.0 Å². The average Bonchev–Trinajstić information content (AvgIpc) is 3.54. The van der Waals surface area contributed by atoms with Crippen LogP contribution in [-0.4, -0.2) is 44.9 Å². The molecular formula is C28H34Cl2F2N6O2. The van der Waals surface area contributed by atoms with Gasteiger partial charge in [0.2, 0.25) is 0 Å². The standard InChI is InChI=1S/C28H32F2N6O2.2ClH/c1-3-26-33-28(38-34-26)35-10-8-17(9-11-35)16(2)37-19-5-7-25-24(13-19)32-27-14-21(23(31)15-36(25)27)20-12-18(29)4-6-22(20)30;;/h4-7,12-13,16-17,21,23H,3,8-11,14-15,31H2,1-2H3;2*1H/t16-,21+,23-;;/m0../s1. The van der Waals surface area contributed by atoms with Gasteiger partial charge in [-0.05, 0) is 61.6 Å². The third-order valence-corrected chi connectivity index (χ3v) is 8.04. The highest BCUT2D eigenvalue weighted by Crippen LogP contribution is 2.34. The van der Waals surface area contributed by atoms with Crippen molar-refractivity contribution in [3.05, 3.63) is 65.2 Å². The number of rotatable bonds is 6. The molecule has 6 rings (SSSR count). The molecule has 4 aromatic rings. The zero-order valence-electron chi connectivity index (χ0n) is 22.4. The molecule has 2 aromatic heterocycles. The van der Waals surface area contributed by atoms with E-state index >= 15 is 0 Å². The van der Waals surface area contributed by atoms with Crippen molar-refractivity contribution in [2.75, 3.05) is 18.0 Å². The van der Waals surface area contributed by atoms with Crippen LogP contribution in [0.3, 0.4) is 0 Å². The molecule has 0 unspecified atom stereocenters. The SMILES string of the molecule is CCc1noc(N2CCC([C@H](C)Oc3ccc4c(c3)nc3n4C[C@H](N)[C@@H](c4cc(F)ccc4F)C3)CC2)n1.Cl.Cl. The summed E-state index contributed by atoms with van der Waals surface area (Å²) in [6, 6.07) is 9.73. The van der Waals surface area contributed by atoms with E-state index in [-0.39, 0.29) is 42.9 Å². The number of nitrogens with zero attached hydrogens (tertiary/aromatic N) is 5. The van der Waals surface area contributed by atoms with Gasteiger partial charge in [0.15, 0.2) is 5.82 Å². The van der Waals surface area contributed by atoms with E-state index in [1.54, 1.807) is 0 Å². The number of imidazole rings is 1. The molecule has 0 saturated carbocycles. The van der Waals surface area contributed by atoms with Crippen molar-refractivity contribution in [2.45, 2.75) is 64.1 Å². The molecule has 40 heavy (non-hydrogen) atoms.